The van der Waals surface area contributed by atoms with Crippen LogP contribution in [-0.4, -0.2) is 51.9 Å². The van der Waals surface area contributed by atoms with Gasteiger partial charge in [-0.15, -0.1) is 5.10 Å². The monoisotopic (exact) mass is 440 g/mol. The standard InChI is InChI=1S/C22H28N6O4/c1-4-15-7-5-6-11-26(15)19-10-12-27-21(24-19)25-28(22(27)30)14-20(29)23-17-9-8-16(31-2)13-18(17)32-3/h8-10,12-13,15H,4-7,11,14H2,1-3H3,(H,23,29). The average molecular weight is 441 g/mol. The molecule has 1 aliphatic rings. The Balaban J connectivity index is 1.54. The number of carbonyl (C=O) groups is 1. The molecule has 170 valence electrons. The van der Waals surface area contributed by atoms with E-state index < -0.39 is 11.6 Å². The maximum absolute atomic E-state index is 12.7. The van der Waals surface area contributed by atoms with Gasteiger partial charge in [-0.05, 0) is 43.9 Å². The summed E-state index contributed by atoms with van der Waals surface area (Å²) in [5, 5.41) is 7.04. The van der Waals surface area contributed by atoms with Crippen LogP contribution in [0.4, 0.5) is 11.5 Å². The van der Waals surface area contributed by atoms with E-state index in [-0.39, 0.29) is 12.3 Å². The van der Waals surface area contributed by atoms with Gasteiger partial charge in [0.05, 0.1) is 19.9 Å². The fraction of sp³-hybridized carbons (Fsp3) is 0.455. The highest BCUT2D eigenvalue weighted by Gasteiger charge is 2.23. The molecule has 1 aliphatic heterocycles. The SMILES string of the molecule is CCC1CCCCN1c1ccn2c(=O)n(CC(=O)Nc3ccc(OC)cc3OC)nc2n1. The van der Waals surface area contributed by atoms with Crippen LogP contribution in [0.15, 0.2) is 35.3 Å². The number of nitrogens with one attached hydrogen (secondary N) is 1. The second-order valence-electron chi connectivity index (χ2n) is 7.76. The van der Waals surface area contributed by atoms with Crippen molar-refractivity contribution in [3.63, 3.8) is 0 Å². The molecule has 0 bridgehead atoms. The molecule has 1 N–H and O–H groups in total. The zero-order valence-corrected chi connectivity index (χ0v) is 18.6. The van der Waals surface area contributed by atoms with E-state index in [4.69, 9.17) is 9.47 Å². The van der Waals surface area contributed by atoms with Crippen LogP contribution in [0.2, 0.25) is 0 Å². The predicted octanol–water partition coefficient (Wildman–Crippen LogP) is 2.32. The number of ether oxygens (including phenoxy) is 2. The number of piperidine rings is 1. The Labute approximate surface area is 185 Å². The van der Waals surface area contributed by atoms with E-state index in [2.05, 4.69) is 27.2 Å². The summed E-state index contributed by atoms with van der Waals surface area (Å²) in [5.41, 5.74) is 0.0628. The van der Waals surface area contributed by atoms with Crippen LogP contribution in [0.3, 0.4) is 0 Å². The molecule has 32 heavy (non-hydrogen) atoms. The number of methoxy groups -OCH3 is 2. The minimum absolute atomic E-state index is 0.242. The molecule has 1 atom stereocenters. The summed E-state index contributed by atoms with van der Waals surface area (Å²) in [4.78, 5) is 32.2. The second kappa shape index (κ2) is 9.29. The molecule has 0 aliphatic carbocycles. The van der Waals surface area contributed by atoms with E-state index in [1.54, 1.807) is 31.5 Å². The predicted molar refractivity (Wildman–Crippen MR) is 121 cm³/mol. The largest absolute Gasteiger partial charge is 0.497 e. The number of aromatic nitrogens is 4. The van der Waals surface area contributed by atoms with E-state index >= 15 is 0 Å². The molecule has 4 rings (SSSR count). The van der Waals surface area contributed by atoms with Gasteiger partial charge in [0, 0.05) is 24.8 Å². The van der Waals surface area contributed by atoms with Crippen molar-refractivity contribution in [2.75, 3.05) is 31.0 Å². The average Bonchev–Trinajstić information content (AvgIpc) is 3.13. The molecular weight excluding hydrogens is 412 g/mol. The topological polar surface area (TPSA) is 103 Å². The van der Waals surface area contributed by atoms with Crippen molar-refractivity contribution < 1.29 is 14.3 Å². The van der Waals surface area contributed by atoms with E-state index in [1.165, 1.54) is 17.9 Å². The molecule has 1 fully saturated rings. The first-order chi connectivity index (χ1) is 15.5. The minimum atomic E-state index is -0.415. The molecule has 10 nitrogen and oxygen atoms in total. The summed E-state index contributed by atoms with van der Waals surface area (Å²) in [6, 6.07) is 7.35. The lowest BCUT2D eigenvalue weighted by Gasteiger charge is -2.36. The number of nitrogens with zero attached hydrogens (tertiary/aromatic N) is 5. The molecule has 1 saturated heterocycles. The highest BCUT2D eigenvalue weighted by molar-refractivity contribution is 5.92. The number of hydrogen-bond acceptors (Lipinski definition) is 7. The molecule has 1 unspecified atom stereocenters. The number of benzene rings is 1. The van der Waals surface area contributed by atoms with Gasteiger partial charge in [0.2, 0.25) is 5.91 Å². The van der Waals surface area contributed by atoms with E-state index in [9.17, 15) is 9.59 Å². The summed E-state index contributed by atoms with van der Waals surface area (Å²) >= 11 is 0. The normalized spacial score (nSPS) is 16.2. The minimum Gasteiger partial charge on any atom is -0.497 e. The van der Waals surface area contributed by atoms with Crippen molar-refractivity contribution in [3.8, 4) is 11.5 Å². The molecule has 0 radical (unpaired) electrons. The van der Waals surface area contributed by atoms with Crippen LogP contribution in [-0.2, 0) is 11.3 Å². The molecule has 3 aromatic rings. The van der Waals surface area contributed by atoms with E-state index in [0.29, 0.717) is 23.2 Å². The fourth-order valence-corrected chi connectivity index (χ4v) is 4.11. The Hall–Kier alpha value is -3.56. The molecule has 3 heterocycles. The number of amides is 1. The second-order valence-corrected chi connectivity index (χ2v) is 7.76. The first kappa shape index (κ1) is 21.7. The Morgan fingerprint density at radius 2 is 2.06 bits per heavy atom. The molecule has 10 heteroatoms. The third kappa shape index (κ3) is 4.25. The van der Waals surface area contributed by atoms with Gasteiger partial charge in [-0.3, -0.25) is 4.79 Å². The van der Waals surface area contributed by atoms with E-state index in [0.717, 1.165) is 36.3 Å². The number of anilines is 2. The number of hydrogen-bond donors (Lipinski definition) is 1. The Kier molecular flexibility index (Phi) is 6.29. The van der Waals surface area contributed by atoms with E-state index in [1.807, 2.05) is 6.07 Å². The molecule has 1 aromatic carbocycles. The summed E-state index contributed by atoms with van der Waals surface area (Å²) in [6.45, 7) is 2.88. The van der Waals surface area contributed by atoms with Crippen LogP contribution >= 0.6 is 0 Å². The third-order valence-electron chi connectivity index (χ3n) is 5.81. The first-order valence-electron chi connectivity index (χ1n) is 10.8. The van der Waals surface area contributed by atoms with Gasteiger partial charge in [0.15, 0.2) is 0 Å². The molecule has 1 amide bonds. The van der Waals surface area contributed by atoms with Gasteiger partial charge in [-0.25, -0.2) is 13.9 Å². The van der Waals surface area contributed by atoms with Gasteiger partial charge < -0.3 is 19.7 Å². The zero-order chi connectivity index (χ0) is 22.7. The van der Waals surface area contributed by atoms with Crippen molar-refractivity contribution in [1.29, 1.82) is 0 Å². The van der Waals surface area contributed by atoms with Crippen LogP contribution in [0.5, 0.6) is 11.5 Å². The Bertz CT molecular complexity index is 1170. The smallest absolute Gasteiger partial charge is 0.352 e. The third-order valence-corrected chi connectivity index (χ3v) is 5.81. The van der Waals surface area contributed by atoms with Crippen LogP contribution in [0.25, 0.3) is 5.78 Å². The molecule has 2 aromatic heterocycles. The summed E-state index contributed by atoms with van der Waals surface area (Å²) in [5.74, 6) is 1.76. The Morgan fingerprint density at radius 3 is 2.81 bits per heavy atom. The summed E-state index contributed by atoms with van der Waals surface area (Å²) in [6.07, 6.45) is 6.21. The zero-order valence-electron chi connectivity index (χ0n) is 18.6. The van der Waals surface area contributed by atoms with Gasteiger partial charge >= 0.3 is 5.69 Å². The summed E-state index contributed by atoms with van der Waals surface area (Å²) in [7, 11) is 3.06. The fourth-order valence-electron chi connectivity index (χ4n) is 4.11. The summed E-state index contributed by atoms with van der Waals surface area (Å²) < 4.78 is 12.9. The maximum Gasteiger partial charge on any atom is 0.352 e. The quantitative estimate of drug-likeness (QED) is 0.601. The van der Waals surface area contributed by atoms with Crippen LogP contribution in [0, 0.1) is 0 Å². The lowest BCUT2D eigenvalue weighted by atomic mass is 10.0. The van der Waals surface area contributed by atoms with Gasteiger partial charge in [0.25, 0.3) is 5.78 Å². The van der Waals surface area contributed by atoms with Crippen molar-refractivity contribution in [2.24, 2.45) is 0 Å². The maximum atomic E-state index is 12.7. The van der Waals surface area contributed by atoms with Gasteiger partial charge in [-0.2, -0.15) is 4.98 Å². The van der Waals surface area contributed by atoms with Gasteiger partial charge in [-0.1, -0.05) is 6.92 Å². The van der Waals surface area contributed by atoms with Gasteiger partial charge in [0.1, 0.15) is 23.9 Å². The lowest BCUT2D eigenvalue weighted by molar-refractivity contribution is -0.117. The number of fused-ring (bicyclic) bond motifs is 1. The molecule has 0 spiro atoms. The van der Waals surface area contributed by atoms with Crippen molar-refractivity contribution in [2.45, 2.75) is 45.2 Å². The molecular formula is C22H28N6O4. The van der Waals surface area contributed by atoms with Crippen molar-refractivity contribution in [1.82, 2.24) is 19.2 Å². The highest BCUT2D eigenvalue weighted by atomic mass is 16.5. The first-order valence-corrected chi connectivity index (χ1v) is 10.8. The van der Waals surface area contributed by atoms with Crippen molar-refractivity contribution >= 4 is 23.2 Å². The van der Waals surface area contributed by atoms with Crippen LogP contribution < -0.4 is 25.4 Å². The number of rotatable bonds is 7. The lowest BCUT2D eigenvalue weighted by Crippen LogP contribution is -2.39. The van der Waals surface area contributed by atoms with Crippen molar-refractivity contribution in [3.05, 3.63) is 40.9 Å². The van der Waals surface area contributed by atoms with Crippen LogP contribution in [0.1, 0.15) is 32.6 Å². The highest BCUT2D eigenvalue weighted by Crippen LogP contribution is 2.29. The number of carbonyl (C=O) groups excluding carboxylic acids is 1. The Morgan fingerprint density at radius 1 is 1.22 bits per heavy atom. The molecule has 0 saturated carbocycles.